The molecule has 1 aromatic rings. The van der Waals surface area contributed by atoms with E-state index in [1.54, 1.807) is 4.31 Å². The van der Waals surface area contributed by atoms with E-state index in [1.807, 2.05) is 51.1 Å². The first-order valence-electron chi connectivity index (χ1n) is 7.64. The number of nitrogens with zero attached hydrogens (tertiary/aromatic N) is 1. The van der Waals surface area contributed by atoms with Crippen molar-refractivity contribution in [1.29, 1.82) is 0 Å². The van der Waals surface area contributed by atoms with Gasteiger partial charge in [-0.2, -0.15) is 4.31 Å². The minimum Gasteiger partial charge on any atom is -0.329 e. The maximum Gasteiger partial charge on any atom is 0.214 e. The summed E-state index contributed by atoms with van der Waals surface area (Å²) in [6.07, 6.45) is 2.04. The Balaban J connectivity index is 2.90. The summed E-state index contributed by atoms with van der Waals surface area (Å²) in [5.41, 5.74) is 6.40. The van der Waals surface area contributed by atoms with Crippen LogP contribution in [0.1, 0.15) is 39.2 Å². The number of rotatable bonds is 9. The van der Waals surface area contributed by atoms with Crippen molar-refractivity contribution < 1.29 is 8.42 Å². The van der Waals surface area contributed by atoms with Gasteiger partial charge in [-0.1, -0.05) is 44.2 Å². The number of aryl methyl sites for hydroxylation is 1. The molecule has 1 atom stereocenters. The lowest BCUT2D eigenvalue weighted by Gasteiger charge is -2.39. The maximum absolute atomic E-state index is 12.7. The van der Waals surface area contributed by atoms with Crippen molar-refractivity contribution in [2.45, 2.75) is 45.6 Å². The molecule has 0 saturated heterocycles. The predicted molar refractivity (Wildman–Crippen MR) is 88.7 cm³/mol. The van der Waals surface area contributed by atoms with Gasteiger partial charge in [0.25, 0.3) is 0 Å². The van der Waals surface area contributed by atoms with E-state index in [0.717, 1.165) is 12.0 Å². The Hall–Kier alpha value is -0.910. The standard InChI is InChI=1S/C16H28N2O2S/c1-4-12-18(16(3,5-2)14-17)21(19,20)13-11-15-9-7-6-8-10-15/h6-10H,4-5,11-14,17H2,1-3H3. The van der Waals surface area contributed by atoms with Crippen LogP contribution in [0.25, 0.3) is 0 Å². The maximum atomic E-state index is 12.7. The van der Waals surface area contributed by atoms with Gasteiger partial charge in [0.15, 0.2) is 0 Å². The molecule has 2 N–H and O–H groups in total. The normalized spacial score (nSPS) is 15.1. The first-order valence-corrected chi connectivity index (χ1v) is 9.25. The Morgan fingerprint density at radius 3 is 2.29 bits per heavy atom. The van der Waals surface area contributed by atoms with E-state index in [2.05, 4.69) is 0 Å². The quantitative estimate of drug-likeness (QED) is 0.761. The van der Waals surface area contributed by atoms with E-state index in [-0.39, 0.29) is 5.75 Å². The number of hydrogen-bond donors (Lipinski definition) is 1. The van der Waals surface area contributed by atoms with Crippen LogP contribution in [-0.4, -0.2) is 37.1 Å². The van der Waals surface area contributed by atoms with Crippen LogP contribution < -0.4 is 5.73 Å². The molecule has 1 unspecified atom stereocenters. The number of sulfonamides is 1. The van der Waals surface area contributed by atoms with Gasteiger partial charge in [0.2, 0.25) is 10.0 Å². The van der Waals surface area contributed by atoms with Gasteiger partial charge in [-0.05, 0) is 31.7 Å². The fourth-order valence-electron chi connectivity index (χ4n) is 2.37. The Bertz CT molecular complexity index is 510. The van der Waals surface area contributed by atoms with Gasteiger partial charge in [0.1, 0.15) is 0 Å². The summed E-state index contributed by atoms with van der Waals surface area (Å²) in [5.74, 6) is 0.132. The summed E-state index contributed by atoms with van der Waals surface area (Å²) in [5, 5.41) is 0. The van der Waals surface area contributed by atoms with Crippen molar-refractivity contribution in [1.82, 2.24) is 4.31 Å². The zero-order valence-corrected chi connectivity index (χ0v) is 14.2. The molecule has 0 aliphatic heterocycles. The monoisotopic (exact) mass is 312 g/mol. The van der Waals surface area contributed by atoms with Crippen LogP contribution >= 0.6 is 0 Å². The second kappa shape index (κ2) is 7.92. The number of hydrogen-bond acceptors (Lipinski definition) is 3. The summed E-state index contributed by atoms with van der Waals surface area (Å²) >= 11 is 0. The molecule has 4 nitrogen and oxygen atoms in total. The van der Waals surface area contributed by atoms with E-state index in [9.17, 15) is 8.42 Å². The highest BCUT2D eigenvalue weighted by molar-refractivity contribution is 7.89. The largest absolute Gasteiger partial charge is 0.329 e. The molecule has 0 bridgehead atoms. The summed E-state index contributed by atoms with van der Waals surface area (Å²) in [4.78, 5) is 0. The van der Waals surface area contributed by atoms with Crippen LogP contribution in [-0.2, 0) is 16.4 Å². The number of benzene rings is 1. The molecule has 0 heterocycles. The van der Waals surface area contributed by atoms with Crippen LogP contribution in [0, 0.1) is 0 Å². The van der Waals surface area contributed by atoms with Crippen LogP contribution in [0.5, 0.6) is 0 Å². The van der Waals surface area contributed by atoms with Gasteiger partial charge in [0.05, 0.1) is 5.75 Å². The molecule has 0 radical (unpaired) electrons. The lowest BCUT2D eigenvalue weighted by molar-refractivity contribution is 0.206. The van der Waals surface area contributed by atoms with Crippen molar-refractivity contribution >= 4 is 10.0 Å². The van der Waals surface area contributed by atoms with Gasteiger partial charge in [-0.3, -0.25) is 0 Å². The van der Waals surface area contributed by atoms with Gasteiger partial charge in [-0.25, -0.2) is 8.42 Å². The molecule has 21 heavy (non-hydrogen) atoms. The molecule has 0 spiro atoms. The van der Waals surface area contributed by atoms with Gasteiger partial charge < -0.3 is 5.73 Å². The lowest BCUT2D eigenvalue weighted by atomic mass is 9.99. The Morgan fingerprint density at radius 2 is 1.81 bits per heavy atom. The molecular weight excluding hydrogens is 284 g/mol. The first kappa shape index (κ1) is 18.1. The highest BCUT2D eigenvalue weighted by Crippen LogP contribution is 2.23. The molecule has 0 aromatic heterocycles. The third-order valence-corrected chi connectivity index (χ3v) is 6.07. The molecule has 0 aliphatic rings. The second-order valence-corrected chi connectivity index (χ2v) is 7.69. The third kappa shape index (κ3) is 4.80. The molecule has 1 rings (SSSR count). The minimum absolute atomic E-state index is 0.132. The predicted octanol–water partition coefficient (Wildman–Crippen LogP) is 2.40. The fourth-order valence-corrected chi connectivity index (χ4v) is 4.42. The van der Waals surface area contributed by atoms with E-state index < -0.39 is 15.6 Å². The highest BCUT2D eigenvalue weighted by Gasteiger charge is 2.36. The topological polar surface area (TPSA) is 63.4 Å². The fraction of sp³-hybridized carbons (Fsp3) is 0.625. The zero-order chi connectivity index (χ0) is 15.9. The average Bonchev–Trinajstić information content (AvgIpc) is 2.51. The summed E-state index contributed by atoms with van der Waals surface area (Å²) in [6.45, 7) is 6.78. The summed E-state index contributed by atoms with van der Waals surface area (Å²) in [7, 11) is -3.31. The first-order chi connectivity index (χ1) is 9.89. The van der Waals surface area contributed by atoms with Crippen molar-refractivity contribution in [3.05, 3.63) is 35.9 Å². The minimum atomic E-state index is -3.31. The number of nitrogens with two attached hydrogens (primary N) is 1. The van der Waals surface area contributed by atoms with Crippen LogP contribution in [0.15, 0.2) is 30.3 Å². The molecule has 5 heteroatoms. The Labute approximate surface area is 129 Å². The third-order valence-electron chi connectivity index (χ3n) is 4.06. The van der Waals surface area contributed by atoms with Crippen LogP contribution in [0.4, 0.5) is 0 Å². The average molecular weight is 312 g/mol. The highest BCUT2D eigenvalue weighted by atomic mass is 32.2. The SMILES string of the molecule is CCCN(C(C)(CC)CN)S(=O)(=O)CCc1ccccc1. The Morgan fingerprint density at radius 1 is 1.19 bits per heavy atom. The van der Waals surface area contributed by atoms with Crippen molar-refractivity contribution in [3.63, 3.8) is 0 Å². The molecular formula is C16H28N2O2S. The molecule has 0 saturated carbocycles. The van der Waals surface area contributed by atoms with Crippen molar-refractivity contribution in [2.24, 2.45) is 5.73 Å². The van der Waals surface area contributed by atoms with E-state index in [4.69, 9.17) is 5.73 Å². The summed E-state index contributed by atoms with van der Waals surface area (Å²) < 4.78 is 27.1. The van der Waals surface area contributed by atoms with Crippen LogP contribution in [0.3, 0.4) is 0 Å². The van der Waals surface area contributed by atoms with E-state index in [1.165, 1.54) is 0 Å². The van der Waals surface area contributed by atoms with Crippen LogP contribution in [0.2, 0.25) is 0 Å². The van der Waals surface area contributed by atoms with Crippen molar-refractivity contribution in [2.75, 3.05) is 18.8 Å². The van der Waals surface area contributed by atoms with Gasteiger partial charge in [-0.15, -0.1) is 0 Å². The van der Waals surface area contributed by atoms with Gasteiger partial charge in [0, 0.05) is 18.6 Å². The van der Waals surface area contributed by atoms with Gasteiger partial charge >= 0.3 is 0 Å². The van der Waals surface area contributed by atoms with Crippen molar-refractivity contribution in [3.8, 4) is 0 Å². The molecule has 0 amide bonds. The lowest BCUT2D eigenvalue weighted by Crippen LogP contribution is -2.54. The molecule has 0 aliphatic carbocycles. The Kier molecular flexibility index (Phi) is 6.84. The smallest absolute Gasteiger partial charge is 0.214 e. The van der Waals surface area contributed by atoms with E-state index >= 15 is 0 Å². The van der Waals surface area contributed by atoms with E-state index in [0.29, 0.717) is 25.9 Å². The molecule has 1 aromatic carbocycles. The zero-order valence-electron chi connectivity index (χ0n) is 13.4. The second-order valence-electron chi connectivity index (χ2n) is 5.68. The molecule has 0 fully saturated rings. The molecule has 120 valence electrons. The summed E-state index contributed by atoms with van der Waals surface area (Å²) in [6, 6.07) is 9.72.